The van der Waals surface area contributed by atoms with E-state index in [0.717, 1.165) is 14.7 Å². The molecule has 1 aliphatic rings. The van der Waals surface area contributed by atoms with Gasteiger partial charge in [0.05, 0.1) is 18.2 Å². The minimum absolute atomic E-state index is 0.00763. The second-order valence-electron chi connectivity index (χ2n) is 26.5. The molecule has 0 spiro atoms. The van der Waals surface area contributed by atoms with E-state index >= 15 is 9.59 Å². The van der Waals surface area contributed by atoms with Crippen molar-refractivity contribution >= 4 is 65.0 Å². The molecule has 492 valence electrons. The summed E-state index contributed by atoms with van der Waals surface area (Å²) < 4.78 is 0. The summed E-state index contributed by atoms with van der Waals surface area (Å²) in [5.74, 6) is -10.3. The summed E-state index contributed by atoms with van der Waals surface area (Å²) in [6.45, 7) is 28.1. The van der Waals surface area contributed by atoms with E-state index in [0.29, 0.717) is 6.42 Å². The first-order valence-electron chi connectivity index (χ1n) is 30.6. The molecular formula is C62H111N11O13. The van der Waals surface area contributed by atoms with Gasteiger partial charge in [-0.2, -0.15) is 0 Å². The van der Waals surface area contributed by atoms with Crippen molar-refractivity contribution in [2.24, 2.45) is 35.5 Å². The van der Waals surface area contributed by atoms with Gasteiger partial charge in [-0.3, -0.25) is 52.7 Å². The Morgan fingerprint density at radius 2 is 0.953 bits per heavy atom. The van der Waals surface area contributed by atoms with E-state index in [9.17, 15) is 53.4 Å². The Morgan fingerprint density at radius 1 is 0.512 bits per heavy atom. The maximum atomic E-state index is 15.1. The topological polar surface area (TPSA) is 299 Å². The molecule has 1 rings (SSSR count). The van der Waals surface area contributed by atoms with Gasteiger partial charge in [0, 0.05) is 55.8 Å². The normalized spacial score (nSPS) is 26.9. The molecule has 12 atom stereocenters. The highest BCUT2D eigenvalue weighted by Crippen LogP contribution is 2.26. The SMILES string of the molecule is CC=CCC(C)C(O)C1C(=O)NC(CC)C(=O)N(C)CC(=O)N(C)C(CC(C)C)C(=O)NC(C(C)C)C(=O)N(C)C(CC(C)C)C(=O)NC(C)C(=O)NC(C)C(=O)N(C)C(CC(C)(C)O)C(=O)N(C)C(CC(C)C)C(=O)N(C)C(C(C)C)C(=O)N1C. The molecule has 0 aromatic heterocycles. The van der Waals surface area contributed by atoms with Gasteiger partial charge in [-0.25, -0.2) is 0 Å². The highest BCUT2D eigenvalue weighted by Gasteiger charge is 2.46. The van der Waals surface area contributed by atoms with Crippen molar-refractivity contribution in [3.63, 3.8) is 0 Å². The fraction of sp³-hybridized carbons (Fsp3) is 0.790. The van der Waals surface area contributed by atoms with Crippen LogP contribution in [0.2, 0.25) is 0 Å². The van der Waals surface area contributed by atoms with Crippen LogP contribution in [0.3, 0.4) is 0 Å². The largest absolute Gasteiger partial charge is 0.390 e. The molecule has 1 saturated heterocycles. The summed E-state index contributed by atoms with van der Waals surface area (Å²) in [4.78, 5) is 168. The zero-order chi connectivity index (χ0) is 66.9. The number of nitrogens with one attached hydrogen (secondary N) is 4. The zero-order valence-corrected chi connectivity index (χ0v) is 56.4. The third kappa shape index (κ3) is 21.9. The average Bonchev–Trinajstić information content (AvgIpc) is 2.11. The summed E-state index contributed by atoms with van der Waals surface area (Å²) in [6, 6.07) is -13.0. The van der Waals surface area contributed by atoms with E-state index in [1.54, 1.807) is 60.6 Å². The lowest BCUT2D eigenvalue weighted by atomic mass is 9.91. The van der Waals surface area contributed by atoms with Gasteiger partial charge in [0.1, 0.15) is 60.4 Å². The molecule has 1 aliphatic heterocycles. The Bertz CT molecular complexity index is 2370. The summed E-state index contributed by atoms with van der Waals surface area (Å²) in [5.41, 5.74) is -1.56. The van der Waals surface area contributed by atoms with E-state index < -0.39 is 161 Å². The van der Waals surface area contributed by atoms with Crippen LogP contribution in [0.15, 0.2) is 12.2 Å². The summed E-state index contributed by atoms with van der Waals surface area (Å²) in [6.07, 6.45) is 2.38. The lowest BCUT2D eigenvalue weighted by Gasteiger charge is -2.42. The molecule has 1 fully saturated rings. The highest BCUT2D eigenvalue weighted by molar-refractivity contribution is 5.99. The second-order valence-corrected chi connectivity index (χ2v) is 26.5. The molecule has 12 unspecified atom stereocenters. The number of likely N-dealkylation sites (N-methyl/N-ethyl adjacent to an activating group) is 7. The first-order valence-corrected chi connectivity index (χ1v) is 30.6. The molecule has 86 heavy (non-hydrogen) atoms. The number of hydrogen-bond acceptors (Lipinski definition) is 13. The van der Waals surface area contributed by atoms with Gasteiger partial charge in [-0.1, -0.05) is 95.2 Å². The number of hydrogen-bond donors (Lipinski definition) is 6. The second kappa shape index (κ2) is 34.4. The number of nitrogens with zero attached hydrogens (tertiary/aromatic N) is 7. The van der Waals surface area contributed by atoms with Crippen molar-refractivity contribution in [1.82, 2.24) is 55.6 Å². The lowest BCUT2D eigenvalue weighted by Crippen LogP contribution is -2.63. The van der Waals surface area contributed by atoms with Gasteiger partial charge in [0.2, 0.25) is 65.0 Å². The number of rotatable bonds is 15. The maximum Gasteiger partial charge on any atom is 0.246 e. The predicted molar refractivity (Wildman–Crippen MR) is 330 cm³/mol. The van der Waals surface area contributed by atoms with Crippen LogP contribution in [0.1, 0.15) is 156 Å². The van der Waals surface area contributed by atoms with Crippen LogP contribution >= 0.6 is 0 Å². The van der Waals surface area contributed by atoms with Crippen LogP contribution in [0.25, 0.3) is 0 Å². The lowest BCUT2D eigenvalue weighted by molar-refractivity contribution is -0.158. The minimum atomic E-state index is -1.64. The molecule has 0 radical (unpaired) electrons. The van der Waals surface area contributed by atoms with E-state index in [1.165, 1.54) is 96.6 Å². The van der Waals surface area contributed by atoms with Gasteiger partial charge >= 0.3 is 0 Å². The van der Waals surface area contributed by atoms with E-state index in [1.807, 2.05) is 41.5 Å². The third-order valence-electron chi connectivity index (χ3n) is 16.1. The molecule has 0 aromatic carbocycles. The molecule has 0 aromatic rings. The quantitative estimate of drug-likeness (QED) is 0.129. The van der Waals surface area contributed by atoms with Gasteiger partial charge < -0.3 is 65.8 Å². The molecule has 6 N–H and O–H groups in total. The molecule has 0 bridgehead atoms. The van der Waals surface area contributed by atoms with Gasteiger partial charge in [-0.05, 0) is 102 Å². The standard InChI is InChI=1S/C62H111N11O13/c1-25-27-28-39(13)51(75)50-55(79)65-42(26-2)57(81)67(18)33-47(74)68(19)43(29-34(3)4)54(78)66-48(37(9)10)60(84)69(20)44(30-35(5)6)53(77)63-40(14)52(76)64-41(15)56(80)71(22)46(32-62(16,17)86)59(83)70(21)45(31-36(7)8)58(82)72(23)49(38(11)12)61(85)73(50)24/h25,27,34-46,48-51,75,86H,26,28-33H2,1-24H3,(H,63,77)(H,64,76)(H,65,79)(H,66,78). The first kappa shape index (κ1) is 77.8. The van der Waals surface area contributed by atoms with Crippen molar-refractivity contribution in [3.05, 3.63) is 12.2 Å². The van der Waals surface area contributed by atoms with Crippen molar-refractivity contribution < 1.29 is 63.0 Å². The van der Waals surface area contributed by atoms with Crippen LogP contribution in [0.4, 0.5) is 0 Å². The van der Waals surface area contributed by atoms with Crippen molar-refractivity contribution in [3.8, 4) is 0 Å². The zero-order valence-electron chi connectivity index (χ0n) is 56.4. The van der Waals surface area contributed by atoms with Crippen LogP contribution in [0, 0.1) is 35.5 Å². The molecule has 24 heteroatoms. The molecule has 1 heterocycles. The smallest absolute Gasteiger partial charge is 0.246 e. The summed E-state index contributed by atoms with van der Waals surface area (Å²) in [5, 5.41) is 34.2. The maximum absolute atomic E-state index is 15.1. The summed E-state index contributed by atoms with van der Waals surface area (Å²) in [7, 11) is 9.63. The Kier molecular flexibility index (Phi) is 31.1. The Hall–Kier alpha value is -6.17. The van der Waals surface area contributed by atoms with Crippen LogP contribution in [-0.4, -0.2) is 237 Å². The van der Waals surface area contributed by atoms with E-state index in [4.69, 9.17) is 0 Å². The summed E-state index contributed by atoms with van der Waals surface area (Å²) >= 11 is 0. The average molecular weight is 1220 g/mol. The van der Waals surface area contributed by atoms with Crippen LogP contribution < -0.4 is 21.3 Å². The molecule has 11 amide bonds. The van der Waals surface area contributed by atoms with E-state index in [2.05, 4.69) is 21.3 Å². The number of allylic oxidation sites excluding steroid dienone is 2. The van der Waals surface area contributed by atoms with Crippen molar-refractivity contribution in [1.29, 1.82) is 0 Å². The van der Waals surface area contributed by atoms with E-state index in [-0.39, 0.29) is 49.9 Å². The molecular weight excluding hydrogens is 1110 g/mol. The number of aliphatic hydroxyl groups is 2. The molecule has 24 nitrogen and oxygen atoms in total. The third-order valence-corrected chi connectivity index (χ3v) is 16.1. The Balaban J connectivity index is 4.36. The van der Waals surface area contributed by atoms with Crippen LogP contribution in [0.5, 0.6) is 0 Å². The fourth-order valence-electron chi connectivity index (χ4n) is 10.7. The van der Waals surface area contributed by atoms with Gasteiger partial charge in [0.25, 0.3) is 0 Å². The number of aliphatic hydroxyl groups excluding tert-OH is 1. The van der Waals surface area contributed by atoms with Crippen molar-refractivity contribution in [2.45, 2.75) is 228 Å². The number of carbonyl (C=O) groups is 11. The molecule has 0 saturated carbocycles. The van der Waals surface area contributed by atoms with Gasteiger partial charge in [0.15, 0.2) is 0 Å². The minimum Gasteiger partial charge on any atom is -0.390 e. The fourth-order valence-corrected chi connectivity index (χ4v) is 10.7. The van der Waals surface area contributed by atoms with Crippen molar-refractivity contribution in [2.75, 3.05) is 55.9 Å². The Morgan fingerprint density at radius 3 is 1.42 bits per heavy atom. The first-order chi connectivity index (χ1) is 39.5. The number of amides is 11. The monoisotopic (exact) mass is 1220 g/mol. The molecule has 0 aliphatic carbocycles. The highest BCUT2D eigenvalue weighted by atomic mass is 16.3. The van der Waals surface area contributed by atoms with Crippen LogP contribution in [-0.2, 0) is 52.7 Å². The number of carbonyl (C=O) groups excluding carboxylic acids is 11. The Labute approximate surface area is 513 Å². The van der Waals surface area contributed by atoms with Gasteiger partial charge in [-0.15, -0.1) is 0 Å². The predicted octanol–water partition coefficient (Wildman–Crippen LogP) is 2.38.